The van der Waals surface area contributed by atoms with Crippen molar-refractivity contribution in [3.05, 3.63) is 48.5 Å². The Hall–Kier alpha value is -2.58. The zero-order valence-corrected chi connectivity index (χ0v) is 16.8. The van der Waals surface area contributed by atoms with Gasteiger partial charge in [-0.05, 0) is 61.4 Å². The third kappa shape index (κ3) is 4.45. The summed E-state index contributed by atoms with van der Waals surface area (Å²) in [5.74, 6) is 0.931. The smallest absolute Gasteiger partial charge is 0.264 e. The molecule has 8 heteroatoms. The molecule has 0 aromatic heterocycles. The highest BCUT2D eigenvalue weighted by molar-refractivity contribution is 7.89. The lowest BCUT2D eigenvalue weighted by Gasteiger charge is -2.18. The fraction of sp³-hybridized carbons (Fsp3) is 0.350. The Bertz CT molecular complexity index is 905. The average Bonchev–Trinajstić information content (AvgIpc) is 3.27. The van der Waals surface area contributed by atoms with Gasteiger partial charge in [-0.1, -0.05) is 0 Å². The predicted molar refractivity (Wildman–Crippen MR) is 106 cm³/mol. The minimum atomic E-state index is -3.45. The van der Waals surface area contributed by atoms with Crippen molar-refractivity contribution in [1.82, 2.24) is 4.31 Å². The number of anilines is 1. The van der Waals surface area contributed by atoms with Gasteiger partial charge in [0.15, 0.2) is 6.61 Å². The molecule has 1 saturated heterocycles. The normalized spacial score (nSPS) is 14.6. The molecule has 0 saturated carbocycles. The summed E-state index contributed by atoms with van der Waals surface area (Å²) in [6, 6.07) is 13.3. The highest BCUT2D eigenvalue weighted by Crippen LogP contribution is 2.23. The lowest BCUT2D eigenvalue weighted by atomic mass is 10.3. The predicted octanol–water partition coefficient (Wildman–Crippen LogP) is 2.52. The van der Waals surface area contributed by atoms with Gasteiger partial charge in [0.2, 0.25) is 10.0 Å². The summed E-state index contributed by atoms with van der Waals surface area (Å²) in [7, 11) is -0.201. The monoisotopic (exact) mass is 404 g/mol. The molecule has 0 bridgehead atoms. The minimum absolute atomic E-state index is 0.152. The first kappa shape index (κ1) is 20.2. The van der Waals surface area contributed by atoms with Crippen molar-refractivity contribution >= 4 is 21.6 Å². The van der Waals surface area contributed by atoms with Gasteiger partial charge >= 0.3 is 0 Å². The van der Waals surface area contributed by atoms with Gasteiger partial charge in [-0.15, -0.1) is 0 Å². The van der Waals surface area contributed by atoms with E-state index in [1.54, 1.807) is 50.6 Å². The third-order valence-corrected chi connectivity index (χ3v) is 6.64. The van der Waals surface area contributed by atoms with E-state index in [1.165, 1.54) is 21.3 Å². The zero-order valence-electron chi connectivity index (χ0n) is 16.0. The Balaban J connectivity index is 1.58. The number of rotatable bonds is 7. The number of hydrogen-bond donors (Lipinski definition) is 0. The van der Waals surface area contributed by atoms with Crippen molar-refractivity contribution < 1.29 is 22.7 Å². The maximum absolute atomic E-state index is 12.5. The second kappa shape index (κ2) is 8.62. The molecule has 0 aliphatic carbocycles. The molecule has 7 nitrogen and oxygen atoms in total. The van der Waals surface area contributed by atoms with Crippen molar-refractivity contribution in [2.75, 3.05) is 38.8 Å². The van der Waals surface area contributed by atoms with Crippen LogP contribution in [0.1, 0.15) is 12.8 Å². The van der Waals surface area contributed by atoms with Crippen LogP contribution in [0.15, 0.2) is 53.4 Å². The number of methoxy groups -OCH3 is 1. The van der Waals surface area contributed by atoms with Gasteiger partial charge in [0.25, 0.3) is 5.91 Å². The highest BCUT2D eigenvalue weighted by Gasteiger charge is 2.27. The first-order valence-electron chi connectivity index (χ1n) is 9.05. The summed E-state index contributed by atoms with van der Waals surface area (Å²) in [5, 5.41) is 0. The molecule has 0 radical (unpaired) electrons. The lowest BCUT2D eigenvalue weighted by molar-refractivity contribution is -0.120. The summed E-state index contributed by atoms with van der Waals surface area (Å²) in [5.41, 5.74) is 0.724. The van der Waals surface area contributed by atoms with Crippen molar-refractivity contribution in [3.63, 3.8) is 0 Å². The van der Waals surface area contributed by atoms with Gasteiger partial charge in [-0.3, -0.25) is 4.79 Å². The topological polar surface area (TPSA) is 76.1 Å². The van der Waals surface area contributed by atoms with Crippen LogP contribution in [0.4, 0.5) is 5.69 Å². The van der Waals surface area contributed by atoms with E-state index < -0.39 is 10.0 Å². The van der Waals surface area contributed by atoms with Gasteiger partial charge in [0.1, 0.15) is 11.5 Å². The molecule has 150 valence electrons. The molecule has 1 heterocycles. The van der Waals surface area contributed by atoms with Crippen LogP contribution >= 0.6 is 0 Å². The summed E-state index contributed by atoms with van der Waals surface area (Å²) in [6.07, 6.45) is 1.79. The van der Waals surface area contributed by atoms with E-state index in [1.807, 2.05) is 0 Å². The molecule has 2 aromatic rings. The number of hydrogen-bond acceptors (Lipinski definition) is 5. The summed E-state index contributed by atoms with van der Waals surface area (Å²) < 4.78 is 37.2. The van der Waals surface area contributed by atoms with Crippen LogP contribution in [0.2, 0.25) is 0 Å². The van der Waals surface area contributed by atoms with E-state index in [-0.39, 0.29) is 17.4 Å². The molecule has 1 aliphatic heterocycles. The van der Waals surface area contributed by atoms with Crippen LogP contribution in [0, 0.1) is 0 Å². The molecule has 3 rings (SSSR count). The van der Waals surface area contributed by atoms with E-state index in [2.05, 4.69) is 0 Å². The van der Waals surface area contributed by atoms with Crippen molar-refractivity contribution in [2.24, 2.45) is 0 Å². The van der Waals surface area contributed by atoms with Crippen molar-refractivity contribution in [3.8, 4) is 11.5 Å². The molecule has 2 aromatic carbocycles. The highest BCUT2D eigenvalue weighted by atomic mass is 32.2. The van der Waals surface area contributed by atoms with Crippen LogP contribution < -0.4 is 14.4 Å². The average molecular weight is 404 g/mol. The van der Waals surface area contributed by atoms with E-state index in [9.17, 15) is 13.2 Å². The van der Waals surface area contributed by atoms with Gasteiger partial charge in [-0.25, -0.2) is 8.42 Å². The van der Waals surface area contributed by atoms with Gasteiger partial charge in [0, 0.05) is 25.8 Å². The second-order valence-corrected chi connectivity index (χ2v) is 8.46. The minimum Gasteiger partial charge on any atom is -0.497 e. The zero-order chi connectivity index (χ0) is 20.1. The molecule has 0 unspecified atom stereocenters. The van der Waals surface area contributed by atoms with Gasteiger partial charge in [0.05, 0.1) is 12.0 Å². The number of amides is 1. The van der Waals surface area contributed by atoms with Crippen LogP contribution in [-0.4, -0.2) is 52.5 Å². The summed E-state index contributed by atoms with van der Waals surface area (Å²) in [4.78, 5) is 14.1. The van der Waals surface area contributed by atoms with Crippen LogP contribution in [0.25, 0.3) is 0 Å². The van der Waals surface area contributed by atoms with Crippen molar-refractivity contribution in [2.45, 2.75) is 17.7 Å². The largest absolute Gasteiger partial charge is 0.497 e. The number of benzene rings is 2. The SMILES string of the molecule is COc1ccc(N(C)C(=O)COc2ccc(S(=O)(=O)N3CCCC3)cc2)cc1. The Labute approximate surface area is 165 Å². The number of carbonyl (C=O) groups is 1. The molecule has 28 heavy (non-hydrogen) atoms. The van der Waals surface area contributed by atoms with Crippen LogP contribution in [0.3, 0.4) is 0 Å². The van der Waals surface area contributed by atoms with E-state index in [0.29, 0.717) is 24.6 Å². The number of likely N-dealkylation sites (N-methyl/N-ethyl adjacent to an activating group) is 1. The maximum Gasteiger partial charge on any atom is 0.264 e. The molecular weight excluding hydrogens is 380 g/mol. The van der Waals surface area contributed by atoms with E-state index >= 15 is 0 Å². The van der Waals surface area contributed by atoms with Gasteiger partial charge < -0.3 is 14.4 Å². The summed E-state index contributed by atoms with van der Waals surface area (Å²) in [6.45, 7) is 0.973. The Morgan fingerprint density at radius 3 is 2.14 bits per heavy atom. The standard InChI is InChI=1S/C20H24N2O5S/c1-21(16-5-7-17(26-2)8-6-16)20(23)15-27-18-9-11-19(12-10-18)28(24,25)22-13-3-4-14-22/h5-12H,3-4,13-15H2,1-2H3. The lowest BCUT2D eigenvalue weighted by Crippen LogP contribution is -2.31. The molecular formula is C20H24N2O5S. The van der Waals surface area contributed by atoms with Crippen LogP contribution in [-0.2, 0) is 14.8 Å². The molecule has 0 atom stereocenters. The first-order chi connectivity index (χ1) is 13.4. The fourth-order valence-electron chi connectivity index (χ4n) is 2.98. The quantitative estimate of drug-likeness (QED) is 0.709. The van der Waals surface area contributed by atoms with Crippen LogP contribution in [0.5, 0.6) is 11.5 Å². The molecule has 1 fully saturated rings. The number of sulfonamides is 1. The third-order valence-electron chi connectivity index (χ3n) is 4.72. The Morgan fingerprint density at radius 2 is 1.57 bits per heavy atom. The molecule has 1 amide bonds. The number of ether oxygens (including phenoxy) is 2. The second-order valence-electron chi connectivity index (χ2n) is 6.52. The molecule has 0 N–H and O–H groups in total. The molecule has 1 aliphatic rings. The van der Waals surface area contributed by atoms with E-state index in [4.69, 9.17) is 9.47 Å². The van der Waals surface area contributed by atoms with Crippen molar-refractivity contribution in [1.29, 1.82) is 0 Å². The summed E-state index contributed by atoms with van der Waals surface area (Å²) >= 11 is 0. The number of nitrogens with zero attached hydrogens (tertiary/aromatic N) is 2. The fourth-order valence-corrected chi connectivity index (χ4v) is 4.49. The Kier molecular flexibility index (Phi) is 6.21. The Morgan fingerprint density at radius 1 is 1.00 bits per heavy atom. The maximum atomic E-state index is 12.5. The molecule has 0 spiro atoms. The number of carbonyl (C=O) groups excluding carboxylic acids is 1. The van der Waals surface area contributed by atoms with E-state index in [0.717, 1.165) is 18.5 Å². The van der Waals surface area contributed by atoms with Gasteiger partial charge in [-0.2, -0.15) is 4.31 Å². The first-order valence-corrected chi connectivity index (χ1v) is 10.5.